The maximum absolute atomic E-state index is 11.1. The molecule has 3 N–H and O–H groups in total. The zero-order valence-electron chi connectivity index (χ0n) is 7.39. The van der Waals surface area contributed by atoms with Crippen molar-refractivity contribution in [3.63, 3.8) is 0 Å². The summed E-state index contributed by atoms with van der Waals surface area (Å²) in [6.07, 6.45) is 2.01. The van der Waals surface area contributed by atoms with E-state index in [0.29, 0.717) is 13.1 Å². The molecule has 0 aromatic heterocycles. The molecule has 1 amide bonds. The number of hydrogen-bond donors (Lipinski definition) is 2. The molecule has 0 aliphatic carbocycles. The van der Waals surface area contributed by atoms with Crippen molar-refractivity contribution in [2.45, 2.75) is 26.7 Å². The third-order valence-electron chi connectivity index (χ3n) is 1.61. The molecular formula is C8H18N2O. The third-order valence-corrected chi connectivity index (χ3v) is 1.61. The molecule has 66 valence electrons. The van der Waals surface area contributed by atoms with Gasteiger partial charge in [0.05, 0.1) is 0 Å². The lowest BCUT2D eigenvalue weighted by molar-refractivity contribution is -0.124. The zero-order valence-corrected chi connectivity index (χ0v) is 7.39. The van der Waals surface area contributed by atoms with Gasteiger partial charge >= 0.3 is 0 Å². The van der Waals surface area contributed by atoms with Crippen molar-refractivity contribution in [1.29, 1.82) is 0 Å². The van der Waals surface area contributed by atoms with Gasteiger partial charge in [-0.3, -0.25) is 4.79 Å². The number of rotatable bonds is 5. The minimum absolute atomic E-state index is 0.123. The van der Waals surface area contributed by atoms with Crippen molar-refractivity contribution < 1.29 is 4.79 Å². The van der Waals surface area contributed by atoms with Crippen LogP contribution >= 0.6 is 0 Å². The second kappa shape index (κ2) is 6.16. The van der Waals surface area contributed by atoms with Gasteiger partial charge in [0.2, 0.25) is 5.91 Å². The molecule has 0 radical (unpaired) electrons. The van der Waals surface area contributed by atoms with Crippen molar-refractivity contribution >= 4 is 5.91 Å². The van der Waals surface area contributed by atoms with E-state index in [-0.39, 0.29) is 11.8 Å². The number of amides is 1. The van der Waals surface area contributed by atoms with Gasteiger partial charge in [-0.15, -0.1) is 0 Å². The van der Waals surface area contributed by atoms with Crippen LogP contribution in [0.15, 0.2) is 0 Å². The van der Waals surface area contributed by atoms with Crippen molar-refractivity contribution in [2.24, 2.45) is 11.7 Å². The van der Waals surface area contributed by atoms with Gasteiger partial charge in [-0.25, -0.2) is 0 Å². The topological polar surface area (TPSA) is 55.1 Å². The summed E-state index contributed by atoms with van der Waals surface area (Å²) in [6.45, 7) is 5.12. The molecule has 0 spiro atoms. The average molecular weight is 158 g/mol. The van der Waals surface area contributed by atoms with Gasteiger partial charge in [0, 0.05) is 19.0 Å². The Morgan fingerprint density at radius 3 is 2.73 bits per heavy atom. The molecule has 0 heterocycles. The van der Waals surface area contributed by atoms with Crippen LogP contribution in [0, 0.1) is 5.92 Å². The van der Waals surface area contributed by atoms with Crippen LogP contribution < -0.4 is 11.1 Å². The van der Waals surface area contributed by atoms with E-state index in [2.05, 4.69) is 12.2 Å². The summed E-state index contributed by atoms with van der Waals surface area (Å²) in [7, 11) is 0. The van der Waals surface area contributed by atoms with Crippen LogP contribution in [0.3, 0.4) is 0 Å². The Kier molecular flexibility index (Phi) is 5.84. The molecule has 11 heavy (non-hydrogen) atoms. The standard InChI is InChI=1S/C8H18N2O/c1-3-4-7(2)8(11)10-6-5-9/h7H,3-6,9H2,1-2H3,(H,10,11)/t7-/m1/s1. The number of hydrogen-bond acceptors (Lipinski definition) is 2. The van der Waals surface area contributed by atoms with Gasteiger partial charge in [0.15, 0.2) is 0 Å². The monoisotopic (exact) mass is 158 g/mol. The first kappa shape index (κ1) is 10.4. The van der Waals surface area contributed by atoms with E-state index >= 15 is 0 Å². The van der Waals surface area contributed by atoms with Crippen molar-refractivity contribution in [1.82, 2.24) is 5.32 Å². The van der Waals surface area contributed by atoms with Crippen LogP contribution in [0.2, 0.25) is 0 Å². The highest BCUT2D eigenvalue weighted by molar-refractivity contribution is 5.78. The summed E-state index contributed by atoms with van der Waals surface area (Å²) in [5.74, 6) is 0.254. The molecule has 0 aromatic carbocycles. The molecule has 0 fully saturated rings. The second-order valence-corrected chi connectivity index (χ2v) is 2.77. The first-order chi connectivity index (χ1) is 5.22. The van der Waals surface area contributed by atoms with Gasteiger partial charge in [-0.1, -0.05) is 20.3 Å². The first-order valence-electron chi connectivity index (χ1n) is 4.20. The average Bonchev–Trinajstić information content (AvgIpc) is 2.00. The molecule has 0 saturated carbocycles. The van der Waals surface area contributed by atoms with Gasteiger partial charge in [0.25, 0.3) is 0 Å². The number of nitrogens with two attached hydrogens (primary N) is 1. The highest BCUT2D eigenvalue weighted by Gasteiger charge is 2.09. The molecule has 0 saturated heterocycles. The molecule has 3 heteroatoms. The smallest absolute Gasteiger partial charge is 0.222 e. The Bertz CT molecular complexity index is 115. The van der Waals surface area contributed by atoms with E-state index in [1.807, 2.05) is 6.92 Å². The van der Waals surface area contributed by atoms with Gasteiger partial charge in [-0.2, -0.15) is 0 Å². The van der Waals surface area contributed by atoms with Crippen molar-refractivity contribution in [3.8, 4) is 0 Å². The molecule has 0 unspecified atom stereocenters. The molecule has 0 aromatic rings. The van der Waals surface area contributed by atoms with Crippen molar-refractivity contribution in [3.05, 3.63) is 0 Å². The van der Waals surface area contributed by atoms with Gasteiger partial charge < -0.3 is 11.1 Å². The fourth-order valence-electron chi connectivity index (χ4n) is 0.934. The third kappa shape index (κ3) is 4.79. The van der Waals surface area contributed by atoms with E-state index in [1.165, 1.54) is 0 Å². The maximum atomic E-state index is 11.1. The van der Waals surface area contributed by atoms with Crippen LogP contribution in [0.5, 0.6) is 0 Å². The lowest BCUT2D eigenvalue weighted by atomic mass is 10.1. The predicted molar refractivity (Wildman–Crippen MR) is 46.1 cm³/mol. The van der Waals surface area contributed by atoms with Crippen LogP contribution in [0.1, 0.15) is 26.7 Å². The lowest BCUT2D eigenvalue weighted by Gasteiger charge is -2.09. The summed E-state index contributed by atoms with van der Waals surface area (Å²) in [5.41, 5.74) is 5.24. The molecule has 0 rings (SSSR count). The van der Waals surface area contributed by atoms with E-state index in [0.717, 1.165) is 12.8 Å². The second-order valence-electron chi connectivity index (χ2n) is 2.77. The number of nitrogens with one attached hydrogen (secondary N) is 1. The van der Waals surface area contributed by atoms with Crippen LogP contribution in [-0.2, 0) is 4.79 Å². The van der Waals surface area contributed by atoms with Crippen LogP contribution in [0.25, 0.3) is 0 Å². The molecule has 0 bridgehead atoms. The van der Waals surface area contributed by atoms with E-state index < -0.39 is 0 Å². The highest BCUT2D eigenvalue weighted by Crippen LogP contribution is 2.03. The first-order valence-corrected chi connectivity index (χ1v) is 4.20. The summed E-state index contributed by atoms with van der Waals surface area (Å²) >= 11 is 0. The summed E-state index contributed by atoms with van der Waals surface area (Å²) in [6, 6.07) is 0. The van der Waals surface area contributed by atoms with Gasteiger partial charge in [-0.05, 0) is 6.42 Å². The van der Waals surface area contributed by atoms with Gasteiger partial charge in [0.1, 0.15) is 0 Å². The van der Waals surface area contributed by atoms with E-state index in [4.69, 9.17) is 5.73 Å². The predicted octanol–water partition coefficient (Wildman–Crippen LogP) is 0.497. The number of carbonyl (C=O) groups is 1. The molecule has 0 aliphatic heterocycles. The molecule has 3 nitrogen and oxygen atoms in total. The minimum Gasteiger partial charge on any atom is -0.355 e. The fourth-order valence-corrected chi connectivity index (χ4v) is 0.934. The Labute approximate surface area is 68.3 Å². The van der Waals surface area contributed by atoms with Crippen molar-refractivity contribution in [2.75, 3.05) is 13.1 Å². The maximum Gasteiger partial charge on any atom is 0.222 e. The normalized spacial score (nSPS) is 12.6. The largest absolute Gasteiger partial charge is 0.355 e. The Hall–Kier alpha value is -0.570. The summed E-state index contributed by atoms with van der Waals surface area (Å²) < 4.78 is 0. The highest BCUT2D eigenvalue weighted by atomic mass is 16.1. The van der Waals surface area contributed by atoms with E-state index in [1.54, 1.807) is 0 Å². The molecule has 1 atom stereocenters. The fraction of sp³-hybridized carbons (Fsp3) is 0.875. The van der Waals surface area contributed by atoms with Crippen LogP contribution in [-0.4, -0.2) is 19.0 Å². The Balaban J connectivity index is 3.47. The molecular weight excluding hydrogens is 140 g/mol. The minimum atomic E-state index is 0.123. The summed E-state index contributed by atoms with van der Waals surface area (Å²) in [4.78, 5) is 11.1. The molecule has 0 aliphatic rings. The van der Waals surface area contributed by atoms with E-state index in [9.17, 15) is 4.79 Å². The number of carbonyl (C=O) groups excluding carboxylic acids is 1. The Morgan fingerprint density at radius 1 is 1.64 bits per heavy atom. The SMILES string of the molecule is CCC[C@@H](C)C(=O)NCCN. The zero-order chi connectivity index (χ0) is 8.69. The van der Waals surface area contributed by atoms with Crippen LogP contribution in [0.4, 0.5) is 0 Å². The quantitative estimate of drug-likeness (QED) is 0.612. The lowest BCUT2D eigenvalue weighted by Crippen LogP contribution is -2.33. The summed E-state index contributed by atoms with van der Waals surface area (Å²) in [5, 5.41) is 2.75. The Morgan fingerprint density at radius 2 is 2.27 bits per heavy atom.